The molecule has 1 saturated carbocycles. The zero-order valence-electron chi connectivity index (χ0n) is 16.2. The molecule has 1 aliphatic carbocycles. The summed E-state index contributed by atoms with van der Waals surface area (Å²) < 4.78 is 29.6. The Morgan fingerprint density at radius 1 is 1.31 bits per heavy atom. The summed E-state index contributed by atoms with van der Waals surface area (Å²) in [6.07, 6.45) is 5.69. The van der Waals surface area contributed by atoms with E-state index < -0.39 is 15.7 Å². The number of anilines is 1. The van der Waals surface area contributed by atoms with E-state index in [0.29, 0.717) is 26.1 Å². The van der Waals surface area contributed by atoms with Crippen LogP contribution in [0.4, 0.5) is 5.82 Å². The van der Waals surface area contributed by atoms with Gasteiger partial charge in [0.15, 0.2) is 0 Å². The molecule has 0 amide bonds. The third-order valence-corrected chi connectivity index (χ3v) is 7.84. The van der Waals surface area contributed by atoms with Gasteiger partial charge in [-0.2, -0.15) is 22.3 Å². The molecule has 1 saturated heterocycles. The minimum Gasteiger partial charge on any atom is -0.395 e. The van der Waals surface area contributed by atoms with Gasteiger partial charge in [0, 0.05) is 45.3 Å². The summed E-state index contributed by atoms with van der Waals surface area (Å²) in [7, 11) is -3.72. The van der Waals surface area contributed by atoms with E-state index in [-0.39, 0.29) is 26.1 Å². The van der Waals surface area contributed by atoms with Crippen LogP contribution in [0, 0.1) is 11.3 Å². The number of nitrogens with zero attached hydrogens (tertiary/aromatic N) is 6. The Morgan fingerprint density at radius 3 is 2.86 bits per heavy atom. The highest BCUT2D eigenvalue weighted by Crippen LogP contribution is 2.47. The largest absolute Gasteiger partial charge is 0.395 e. The molecule has 1 aliphatic heterocycles. The SMILES string of the molecule is N#CCCCN(CCO)S(=O)(=O)N1CCN(c2ncnc3[nH]ccc23)CC12CC2. The maximum Gasteiger partial charge on any atom is 0.282 e. The van der Waals surface area contributed by atoms with Crippen LogP contribution >= 0.6 is 0 Å². The quantitative estimate of drug-likeness (QED) is 0.594. The zero-order chi connectivity index (χ0) is 20.5. The highest BCUT2D eigenvalue weighted by Gasteiger charge is 2.57. The van der Waals surface area contributed by atoms with Crippen LogP contribution in [0.5, 0.6) is 0 Å². The number of aliphatic hydroxyl groups excluding tert-OH is 1. The Morgan fingerprint density at radius 2 is 2.14 bits per heavy atom. The van der Waals surface area contributed by atoms with Crippen LogP contribution in [-0.2, 0) is 10.2 Å². The van der Waals surface area contributed by atoms with Crippen LogP contribution in [0.3, 0.4) is 0 Å². The fourth-order valence-corrected chi connectivity index (χ4v) is 6.09. The Hall–Kier alpha value is -2.26. The lowest BCUT2D eigenvalue weighted by molar-refractivity contribution is 0.218. The topological polar surface area (TPSA) is 129 Å². The van der Waals surface area contributed by atoms with Crippen LogP contribution in [0.1, 0.15) is 25.7 Å². The predicted molar refractivity (Wildman–Crippen MR) is 107 cm³/mol. The number of fused-ring (bicyclic) bond motifs is 1. The lowest BCUT2D eigenvalue weighted by Crippen LogP contribution is -2.60. The first kappa shape index (κ1) is 20.0. The lowest BCUT2D eigenvalue weighted by Gasteiger charge is -2.43. The van der Waals surface area contributed by atoms with Gasteiger partial charge in [0.1, 0.15) is 17.8 Å². The Labute approximate surface area is 169 Å². The van der Waals surface area contributed by atoms with Crippen molar-refractivity contribution in [2.24, 2.45) is 0 Å². The average Bonchev–Trinajstić information content (AvgIpc) is 3.28. The highest BCUT2D eigenvalue weighted by atomic mass is 32.2. The monoisotopic (exact) mass is 419 g/mol. The van der Waals surface area contributed by atoms with E-state index in [9.17, 15) is 13.5 Å². The number of rotatable bonds is 8. The van der Waals surface area contributed by atoms with Crippen molar-refractivity contribution in [3.8, 4) is 6.07 Å². The van der Waals surface area contributed by atoms with Gasteiger partial charge < -0.3 is 15.0 Å². The number of hydrogen-bond donors (Lipinski definition) is 2. The molecule has 3 heterocycles. The molecule has 0 radical (unpaired) electrons. The Bertz CT molecular complexity index is 1010. The minimum atomic E-state index is -3.72. The molecule has 156 valence electrons. The number of nitrogens with one attached hydrogen (secondary N) is 1. The summed E-state index contributed by atoms with van der Waals surface area (Å²) in [6, 6.07) is 3.98. The molecule has 0 atom stereocenters. The van der Waals surface area contributed by atoms with Gasteiger partial charge in [0.05, 0.1) is 23.6 Å². The summed E-state index contributed by atoms with van der Waals surface area (Å²) in [6.45, 7) is 1.50. The molecule has 10 nitrogen and oxygen atoms in total. The molecule has 0 unspecified atom stereocenters. The van der Waals surface area contributed by atoms with Gasteiger partial charge in [-0.05, 0) is 25.3 Å². The van der Waals surface area contributed by atoms with Gasteiger partial charge in [-0.25, -0.2) is 9.97 Å². The molecule has 11 heteroatoms. The van der Waals surface area contributed by atoms with Crippen molar-refractivity contribution in [1.82, 2.24) is 23.6 Å². The molecule has 0 aromatic carbocycles. The van der Waals surface area contributed by atoms with Crippen molar-refractivity contribution in [3.05, 3.63) is 18.6 Å². The lowest BCUT2D eigenvalue weighted by atomic mass is 10.2. The number of aromatic amines is 1. The molecule has 2 N–H and O–H groups in total. The number of hydrogen-bond acceptors (Lipinski definition) is 7. The van der Waals surface area contributed by atoms with Crippen molar-refractivity contribution < 1.29 is 13.5 Å². The zero-order valence-corrected chi connectivity index (χ0v) is 17.0. The molecule has 1 spiro atoms. The van der Waals surface area contributed by atoms with Crippen molar-refractivity contribution >= 4 is 27.1 Å². The number of nitriles is 1. The van der Waals surface area contributed by atoms with Crippen molar-refractivity contribution in [1.29, 1.82) is 5.26 Å². The van der Waals surface area contributed by atoms with Gasteiger partial charge >= 0.3 is 0 Å². The fraction of sp³-hybridized carbons (Fsp3) is 0.611. The van der Waals surface area contributed by atoms with E-state index >= 15 is 0 Å². The second kappa shape index (κ2) is 7.87. The molecule has 2 aromatic heterocycles. The van der Waals surface area contributed by atoms with Gasteiger partial charge in [-0.15, -0.1) is 0 Å². The van der Waals surface area contributed by atoms with Crippen LogP contribution in [0.2, 0.25) is 0 Å². The molecule has 2 aromatic rings. The minimum absolute atomic E-state index is 0.0416. The van der Waals surface area contributed by atoms with Crippen LogP contribution in [-0.4, -0.2) is 82.0 Å². The maximum atomic E-state index is 13.3. The molecular formula is C18H25N7O3S. The highest BCUT2D eigenvalue weighted by molar-refractivity contribution is 7.86. The second-order valence-electron chi connectivity index (χ2n) is 7.55. The second-order valence-corrected chi connectivity index (χ2v) is 9.40. The summed E-state index contributed by atoms with van der Waals surface area (Å²) >= 11 is 0. The van der Waals surface area contributed by atoms with E-state index in [2.05, 4.69) is 19.9 Å². The third kappa shape index (κ3) is 3.69. The number of aliphatic hydroxyl groups is 1. The Kier molecular flexibility index (Phi) is 5.44. The molecule has 2 aliphatic rings. The molecule has 4 rings (SSSR count). The fourth-order valence-electron chi connectivity index (χ4n) is 4.09. The predicted octanol–water partition coefficient (Wildman–Crippen LogP) is 0.455. The van der Waals surface area contributed by atoms with E-state index in [4.69, 9.17) is 5.26 Å². The first-order valence-corrected chi connectivity index (χ1v) is 11.2. The number of aromatic nitrogens is 3. The summed E-state index contributed by atoms with van der Waals surface area (Å²) in [5.74, 6) is 0.820. The molecule has 29 heavy (non-hydrogen) atoms. The molecular weight excluding hydrogens is 394 g/mol. The van der Waals surface area contributed by atoms with Crippen LogP contribution in [0.15, 0.2) is 18.6 Å². The summed E-state index contributed by atoms with van der Waals surface area (Å²) in [5.41, 5.74) is 0.328. The van der Waals surface area contributed by atoms with Crippen molar-refractivity contribution in [3.63, 3.8) is 0 Å². The van der Waals surface area contributed by atoms with Crippen molar-refractivity contribution in [2.75, 3.05) is 44.2 Å². The van der Waals surface area contributed by atoms with Gasteiger partial charge in [0.25, 0.3) is 10.2 Å². The number of piperazine rings is 1. The average molecular weight is 420 g/mol. The van der Waals surface area contributed by atoms with E-state index in [1.807, 2.05) is 18.3 Å². The van der Waals surface area contributed by atoms with Crippen molar-refractivity contribution in [2.45, 2.75) is 31.2 Å². The van der Waals surface area contributed by atoms with Gasteiger partial charge in [0.2, 0.25) is 0 Å². The summed E-state index contributed by atoms with van der Waals surface area (Å²) in [4.78, 5) is 13.9. The number of H-pyrrole nitrogens is 1. The maximum absolute atomic E-state index is 13.3. The van der Waals surface area contributed by atoms with Gasteiger partial charge in [-0.1, -0.05) is 0 Å². The first-order valence-electron chi connectivity index (χ1n) is 9.81. The number of unbranched alkanes of at least 4 members (excludes halogenated alkanes) is 1. The normalized spacial score (nSPS) is 19.1. The molecule has 2 fully saturated rings. The van der Waals surface area contributed by atoms with Gasteiger partial charge in [-0.3, -0.25) is 0 Å². The smallest absolute Gasteiger partial charge is 0.282 e. The standard InChI is InChI=1S/C18H25N7O3S/c19-6-1-2-8-24(11-12-26)29(27,28)25-10-9-23(13-18(25)4-5-18)17-15-3-7-20-16(15)21-14-22-17/h3,7,14,26H,1-2,4-5,8-13H2,(H,20,21,22). The summed E-state index contributed by atoms with van der Waals surface area (Å²) in [5, 5.41) is 19.0. The van der Waals surface area contributed by atoms with Crippen LogP contribution < -0.4 is 4.90 Å². The third-order valence-electron chi connectivity index (χ3n) is 5.70. The van der Waals surface area contributed by atoms with E-state index in [1.165, 1.54) is 10.6 Å². The van der Waals surface area contributed by atoms with Crippen LogP contribution in [0.25, 0.3) is 11.0 Å². The Balaban J connectivity index is 1.55. The van der Waals surface area contributed by atoms with E-state index in [1.54, 1.807) is 4.31 Å². The van der Waals surface area contributed by atoms with E-state index in [0.717, 1.165) is 29.7 Å². The molecule has 0 bridgehead atoms. The first-order chi connectivity index (χ1) is 14.0.